The largest absolute Gasteiger partial charge is 0.493 e. The van der Waals surface area contributed by atoms with Crippen LogP contribution in [0, 0.1) is 6.92 Å². The van der Waals surface area contributed by atoms with Crippen molar-refractivity contribution in [2.24, 2.45) is 0 Å². The second kappa shape index (κ2) is 8.10. The fraction of sp³-hybridized carbons (Fsp3) is 0.182. The van der Waals surface area contributed by atoms with Gasteiger partial charge in [-0.25, -0.2) is 4.68 Å². The number of benzene rings is 2. The predicted molar refractivity (Wildman–Crippen MR) is 110 cm³/mol. The van der Waals surface area contributed by atoms with Crippen molar-refractivity contribution in [1.82, 2.24) is 9.78 Å². The van der Waals surface area contributed by atoms with E-state index in [0.717, 1.165) is 16.9 Å². The number of methoxy groups -OCH3 is 1. The van der Waals surface area contributed by atoms with Crippen LogP contribution in [0.5, 0.6) is 17.2 Å². The van der Waals surface area contributed by atoms with Crippen LogP contribution in [0.2, 0.25) is 0 Å². The molecule has 0 radical (unpaired) electrons. The number of ether oxygens (including phenoxy) is 3. The van der Waals surface area contributed by atoms with Crippen LogP contribution < -0.4 is 19.5 Å². The maximum Gasteiger partial charge on any atom is 0.248 e. The van der Waals surface area contributed by atoms with Crippen molar-refractivity contribution < 1.29 is 19.0 Å². The van der Waals surface area contributed by atoms with Crippen LogP contribution in [0.3, 0.4) is 0 Å². The normalized spacial score (nSPS) is 12.8. The molecule has 0 bridgehead atoms. The molecule has 1 aliphatic heterocycles. The number of anilines is 1. The maximum absolute atomic E-state index is 12.4. The average Bonchev–Trinajstić information content (AvgIpc) is 3.17. The lowest BCUT2D eigenvalue weighted by Crippen LogP contribution is -2.16. The van der Waals surface area contributed by atoms with Crippen molar-refractivity contribution in [1.29, 1.82) is 0 Å². The van der Waals surface area contributed by atoms with E-state index in [1.54, 1.807) is 25.4 Å². The van der Waals surface area contributed by atoms with E-state index in [-0.39, 0.29) is 5.91 Å². The zero-order valence-corrected chi connectivity index (χ0v) is 16.2. The molecule has 2 aromatic carbocycles. The Bertz CT molecular complexity index is 1050. The monoisotopic (exact) mass is 391 g/mol. The van der Waals surface area contributed by atoms with Crippen molar-refractivity contribution >= 4 is 17.7 Å². The Hall–Kier alpha value is -3.74. The number of aryl methyl sites for hydroxylation is 1. The molecule has 0 atom stereocenters. The molecule has 0 fully saturated rings. The molecule has 1 aromatic heterocycles. The number of fused-ring (bicyclic) bond motifs is 1. The standard InChI is InChI=1S/C22H21N3O4/c1-15-8-9-23-25(15)18-5-3-4-17(14-18)24-21(26)7-6-16-12-19(27-2)22-20(13-16)28-10-11-29-22/h3-9,12-14H,10-11H2,1-2H3,(H,24,26)/b7-6+. The number of aromatic nitrogens is 2. The van der Waals surface area contributed by atoms with Crippen molar-refractivity contribution in [3.63, 3.8) is 0 Å². The van der Waals surface area contributed by atoms with Crippen LogP contribution >= 0.6 is 0 Å². The fourth-order valence-electron chi connectivity index (χ4n) is 3.10. The Kier molecular flexibility index (Phi) is 5.20. The first kappa shape index (κ1) is 18.6. The smallest absolute Gasteiger partial charge is 0.248 e. The lowest BCUT2D eigenvalue weighted by Gasteiger charge is -2.20. The molecule has 1 amide bonds. The van der Waals surface area contributed by atoms with E-state index in [1.165, 1.54) is 6.08 Å². The number of nitrogens with one attached hydrogen (secondary N) is 1. The number of nitrogens with zero attached hydrogens (tertiary/aromatic N) is 2. The van der Waals surface area contributed by atoms with E-state index >= 15 is 0 Å². The van der Waals surface area contributed by atoms with Crippen LogP contribution in [-0.2, 0) is 4.79 Å². The molecule has 0 saturated carbocycles. The highest BCUT2D eigenvalue weighted by Gasteiger charge is 2.17. The van der Waals surface area contributed by atoms with Gasteiger partial charge in [-0.05, 0) is 55.0 Å². The van der Waals surface area contributed by atoms with Gasteiger partial charge in [-0.1, -0.05) is 6.07 Å². The van der Waals surface area contributed by atoms with Gasteiger partial charge in [-0.2, -0.15) is 5.10 Å². The molecule has 1 N–H and O–H groups in total. The second-order valence-corrected chi connectivity index (χ2v) is 6.50. The minimum Gasteiger partial charge on any atom is -0.493 e. The summed E-state index contributed by atoms with van der Waals surface area (Å²) in [6, 6.07) is 13.1. The van der Waals surface area contributed by atoms with Crippen LogP contribution in [-0.4, -0.2) is 36.0 Å². The van der Waals surface area contributed by atoms with Gasteiger partial charge in [0.2, 0.25) is 11.7 Å². The van der Waals surface area contributed by atoms with Crippen LogP contribution in [0.4, 0.5) is 5.69 Å². The molecule has 1 aliphatic rings. The summed E-state index contributed by atoms with van der Waals surface area (Å²) in [4.78, 5) is 12.4. The third kappa shape index (κ3) is 4.08. The summed E-state index contributed by atoms with van der Waals surface area (Å²) < 4.78 is 18.4. The van der Waals surface area contributed by atoms with E-state index in [9.17, 15) is 4.79 Å². The zero-order chi connectivity index (χ0) is 20.2. The van der Waals surface area contributed by atoms with Gasteiger partial charge in [0.15, 0.2) is 11.5 Å². The third-order valence-corrected chi connectivity index (χ3v) is 4.47. The second-order valence-electron chi connectivity index (χ2n) is 6.50. The molecule has 0 aliphatic carbocycles. The highest BCUT2D eigenvalue weighted by Crippen LogP contribution is 2.40. The van der Waals surface area contributed by atoms with Crippen LogP contribution in [0.1, 0.15) is 11.3 Å². The topological polar surface area (TPSA) is 74.6 Å². The van der Waals surface area contributed by atoms with Crippen molar-refractivity contribution in [3.8, 4) is 22.9 Å². The Balaban J connectivity index is 1.49. The number of carbonyl (C=O) groups is 1. The summed E-state index contributed by atoms with van der Waals surface area (Å²) in [6.07, 6.45) is 4.92. The summed E-state index contributed by atoms with van der Waals surface area (Å²) in [5.41, 5.74) is 3.36. The van der Waals surface area contributed by atoms with E-state index in [4.69, 9.17) is 14.2 Å². The van der Waals surface area contributed by atoms with Crippen molar-refractivity contribution in [3.05, 3.63) is 66.0 Å². The summed E-state index contributed by atoms with van der Waals surface area (Å²) in [5, 5.41) is 7.16. The van der Waals surface area contributed by atoms with Gasteiger partial charge in [-0.3, -0.25) is 4.79 Å². The molecule has 7 nitrogen and oxygen atoms in total. The lowest BCUT2D eigenvalue weighted by atomic mass is 10.1. The number of rotatable bonds is 5. The third-order valence-electron chi connectivity index (χ3n) is 4.47. The SMILES string of the molecule is COc1cc(/C=C/C(=O)Nc2cccc(-n3nccc3C)c2)cc2c1OCCO2. The average molecular weight is 391 g/mol. The summed E-state index contributed by atoms with van der Waals surface area (Å²) in [5.74, 6) is 1.53. The van der Waals surface area contributed by atoms with Gasteiger partial charge in [-0.15, -0.1) is 0 Å². The van der Waals surface area contributed by atoms with Gasteiger partial charge < -0.3 is 19.5 Å². The van der Waals surface area contributed by atoms with E-state index in [2.05, 4.69) is 10.4 Å². The Morgan fingerprint density at radius 3 is 2.86 bits per heavy atom. The minimum absolute atomic E-state index is 0.242. The Morgan fingerprint density at radius 1 is 1.21 bits per heavy atom. The number of amides is 1. The highest BCUT2D eigenvalue weighted by atomic mass is 16.6. The summed E-state index contributed by atoms with van der Waals surface area (Å²) in [6.45, 7) is 2.94. The minimum atomic E-state index is -0.242. The predicted octanol–water partition coefficient (Wildman–Crippen LogP) is 3.61. The summed E-state index contributed by atoms with van der Waals surface area (Å²) in [7, 11) is 1.57. The quantitative estimate of drug-likeness (QED) is 0.673. The molecule has 0 unspecified atom stereocenters. The molecule has 7 heteroatoms. The molecule has 0 spiro atoms. The molecular weight excluding hydrogens is 370 g/mol. The molecule has 4 rings (SSSR count). The van der Waals surface area contributed by atoms with Gasteiger partial charge in [0.25, 0.3) is 0 Å². The Labute approximate surface area is 168 Å². The molecule has 0 saturated heterocycles. The van der Waals surface area contributed by atoms with E-state index in [1.807, 2.05) is 48.0 Å². The Morgan fingerprint density at radius 2 is 2.07 bits per heavy atom. The fourth-order valence-corrected chi connectivity index (χ4v) is 3.10. The van der Waals surface area contributed by atoms with Gasteiger partial charge >= 0.3 is 0 Å². The van der Waals surface area contributed by atoms with Crippen LogP contribution in [0.25, 0.3) is 11.8 Å². The molecule has 2 heterocycles. The first-order valence-electron chi connectivity index (χ1n) is 9.22. The molecular formula is C22H21N3O4. The van der Waals surface area contributed by atoms with E-state index < -0.39 is 0 Å². The maximum atomic E-state index is 12.4. The lowest BCUT2D eigenvalue weighted by molar-refractivity contribution is -0.111. The first-order valence-corrected chi connectivity index (χ1v) is 9.22. The molecule has 3 aromatic rings. The van der Waals surface area contributed by atoms with Crippen molar-refractivity contribution in [2.45, 2.75) is 6.92 Å². The van der Waals surface area contributed by atoms with Gasteiger partial charge in [0.05, 0.1) is 12.8 Å². The number of hydrogen-bond donors (Lipinski definition) is 1. The number of carbonyl (C=O) groups excluding carboxylic acids is 1. The van der Waals surface area contributed by atoms with E-state index in [0.29, 0.717) is 36.1 Å². The zero-order valence-electron chi connectivity index (χ0n) is 16.2. The van der Waals surface area contributed by atoms with Gasteiger partial charge in [0, 0.05) is 23.7 Å². The highest BCUT2D eigenvalue weighted by molar-refractivity contribution is 6.02. The van der Waals surface area contributed by atoms with Gasteiger partial charge in [0.1, 0.15) is 13.2 Å². The van der Waals surface area contributed by atoms with Crippen LogP contribution in [0.15, 0.2) is 54.7 Å². The molecule has 148 valence electrons. The molecule has 29 heavy (non-hydrogen) atoms. The summed E-state index contributed by atoms with van der Waals surface area (Å²) >= 11 is 0. The number of hydrogen-bond acceptors (Lipinski definition) is 5. The first-order chi connectivity index (χ1) is 14.1. The van der Waals surface area contributed by atoms with Crippen molar-refractivity contribution in [2.75, 3.05) is 25.6 Å².